The molecular weight excluding hydrogens is 385 g/mol. The molecule has 0 bridgehead atoms. The minimum atomic E-state index is -4.43. The number of alkyl halides is 3. The van der Waals surface area contributed by atoms with E-state index in [0.29, 0.717) is 22.5 Å². The number of hydrogen-bond donors (Lipinski definition) is 2. The maximum absolute atomic E-state index is 12.8. The lowest BCUT2D eigenvalue weighted by atomic mass is 10.1. The summed E-state index contributed by atoms with van der Waals surface area (Å²) in [4.78, 5) is 23.3. The number of carbonyl (C=O) groups excluding carboxylic acids is 2. The summed E-state index contributed by atoms with van der Waals surface area (Å²) >= 11 is 0. The average molecular weight is 402 g/mol. The Morgan fingerprint density at radius 3 is 2.48 bits per heavy atom. The van der Waals surface area contributed by atoms with Crippen LogP contribution in [0.2, 0.25) is 0 Å². The van der Waals surface area contributed by atoms with Gasteiger partial charge in [0.1, 0.15) is 0 Å². The van der Waals surface area contributed by atoms with Crippen LogP contribution in [0.1, 0.15) is 28.4 Å². The lowest BCUT2D eigenvalue weighted by Crippen LogP contribution is -2.23. The Bertz CT molecular complexity index is 1030. The van der Waals surface area contributed by atoms with Crippen LogP contribution in [0.4, 0.5) is 18.9 Å². The third-order valence-corrected chi connectivity index (χ3v) is 4.00. The van der Waals surface area contributed by atoms with Gasteiger partial charge in [-0.25, -0.2) is 4.68 Å². The highest BCUT2D eigenvalue weighted by Crippen LogP contribution is 2.29. The highest BCUT2D eigenvalue weighted by Gasteiger charge is 2.30. The largest absolute Gasteiger partial charge is 0.416 e. The second kappa shape index (κ2) is 8.17. The van der Waals surface area contributed by atoms with Gasteiger partial charge in [0.15, 0.2) is 0 Å². The zero-order chi connectivity index (χ0) is 21.0. The molecule has 9 heteroatoms. The van der Waals surface area contributed by atoms with Crippen molar-refractivity contribution in [2.24, 2.45) is 0 Å². The van der Waals surface area contributed by atoms with Gasteiger partial charge in [0.05, 0.1) is 29.3 Å². The molecule has 0 spiro atoms. The number of halogens is 3. The number of nitrogens with one attached hydrogen (secondary N) is 2. The van der Waals surface area contributed by atoms with Crippen molar-refractivity contribution in [1.82, 2.24) is 15.1 Å². The second-order valence-electron chi connectivity index (χ2n) is 6.28. The van der Waals surface area contributed by atoms with Crippen molar-refractivity contribution in [3.8, 4) is 5.69 Å². The van der Waals surface area contributed by atoms with Gasteiger partial charge < -0.3 is 10.6 Å². The minimum Gasteiger partial charge on any atom is -0.348 e. The number of amides is 2. The topological polar surface area (TPSA) is 76.0 Å². The molecule has 0 atom stereocenters. The Morgan fingerprint density at radius 1 is 1.10 bits per heavy atom. The molecule has 1 aromatic heterocycles. The molecule has 0 saturated heterocycles. The lowest BCUT2D eigenvalue weighted by molar-refractivity contribution is -0.137. The fourth-order valence-corrected chi connectivity index (χ4v) is 2.64. The predicted octanol–water partition coefficient (Wildman–Crippen LogP) is 3.78. The molecule has 1 heterocycles. The van der Waals surface area contributed by atoms with Crippen molar-refractivity contribution in [2.45, 2.75) is 19.6 Å². The maximum atomic E-state index is 12.8. The van der Waals surface area contributed by atoms with Crippen LogP contribution in [-0.2, 0) is 17.5 Å². The van der Waals surface area contributed by atoms with E-state index in [0.717, 1.165) is 12.1 Å². The summed E-state index contributed by atoms with van der Waals surface area (Å²) in [6.07, 6.45) is -1.30. The summed E-state index contributed by atoms with van der Waals surface area (Å²) in [6.45, 7) is 1.37. The first-order valence-corrected chi connectivity index (χ1v) is 8.59. The van der Waals surface area contributed by atoms with Gasteiger partial charge in [0.25, 0.3) is 5.91 Å². The lowest BCUT2D eigenvalue weighted by Gasteiger charge is -2.10. The van der Waals surface area contributed by atoms with Crippen LogP contribution in [0.3, 0.4) is 0 Å². The van der Waals surface area contributed by atoms with Crippen LogP contribution in [0.5, 0.6) is 0 Å². The number of anilines is 1. The molecule has 29 heavy (non-hydrogen) atoms. The van der Waals surface area contributed by atoms with E-state index >= 15 is 0 Å². The van der Waals surface area contributed by atoms with Gasteiger partial charge in [-0.3, -0.25) is 9.59 Å². The normalized spacial score (nSPS) is 11.2. The molecule has 6 nitrogen and oxygen atoms in total. The molecule has 3 aromatic rings. The summed E-state index contributed by atoms with van der Waals surface area (Å²) in [5.74, 6) is -0.620. The van der Waals surface area contributed by atoms with E-state index in [1.807, 2.05) is 0 Å². The zero-order valence-electron chi connectivity index (χ0n) is 15.3. The molecule has 2 amide bonds. The molecule has 0 fully saturated rings. The minimum absolute atomic E-state index is 0.0241. The predicted molar refractivity (Wildman–Crippen MR) is 100 cm³/mol. The quantitative estimate of drug-likeness (QED) is 0.682. The number of benzene rings is 2. The highest BCUT2D eigenvalue weighted by molar-refractivity contribution is 5.94. The first-order chi connectivity index (χ1) is 13.7. The Hall–Kier alpha value is -3.62. The standard InChI is InChI=1S/C20H17F3N4O2/c1-13(28)26-17-11-25-27(12-17)18-7-5-15(6-8-18)19(29)24-10-14-3-2-4-16(9-14)20(21,22)23/h2-9,11-12H,10H2,1H3,(H,24,29)(H,26,28). The summed E-state index contributed by atoms with van der Waals surface area (Å²) in [5.41, 5.74) is 1.17. The molecule has 2 aromatic carbocycles. The molecule has 0 unspecified atom stereocenters. The highest BCUT2D eigenvalue weighted by atomic mass is 19.4. The smallest absolute Gasteiger partial charge is 0.348 e. The Balaban J connectivity index is 1.63. The first-order valence-electron chi connectivity index (χ1n) is 8.59. The van der Waals surface area contributed by atoms with Gasteiger partial charge in [-0.05, 0) is 42.0 Å². The summed E-state index contributed by atoms with van der Waals surface area (Å²) in [6, 6.07) is 11.3. The summed E-state index contributed by atoms with van der Waals surface area (Å²) in [5, 5.41) is 9.34. The van der Waals surface area contributed by atoms with Gasteiger partial charge in [0.2, 0.25) is 5.91 Å². The van der Waals surface area contributed by atoms with E-state index in [-0.39, 0.29) is 12.5 Å². The van der Waals surface area contributed by atoms with Crippen LogP contribution in [-0.4, -0.2) is 21.6 Å². The van der Waals surface area contributed by atoms with E-state index in [9.17, 15) is 22.8 Å². The molecule has 0 radical (unpaired) electrons. The molecule has 2 N–H and O–H groups in total. The van der Waals surface area contributed by atoms with Crippen molar-refractivity contribution >= 4 is 17.5 Å². The van der Waals surface area contributed by atoms with Crippen LogP contribution in [0.25, 0.3) is 5.69 Å². The van der Waals surface area contributed by atoms with Crippen LogP contribution in [0, 0.1) is 0 Å². The number of rotatable bonds is 5. The molecule has 0 aliphatic carbocycles. The van der Waals surface area contributed by atoms with E-state index < -0.39 is 17.6 Å². The fraction of sp³-hybridized carbons (Fsp3) is 0.150. The Morgan fingerprint density at radius 2 is 1.83 bits per heavy atom. The molecule has 0 saturated carbocycles. The van der Waals surface area contributed by atoms with E-state index in [1.54, 1.807) is 30.5 Å². The van der Waals surface area contributed by atoms with Crippen molar-refractivity contribution in [3.05, 3.63) is 77.6 Å². The second-order valence-corrected chi connectivity index (χ2v) is 6.28. The first kappa shape index (κ1) is 20.1. The molecule has 150 valence electrons. The molecule has 0 aliphatic rings. The van der Waals surface area contributed by atoms with Crippen LogP contribution < -0.4 is 10.6 Å². The maximum Gasteiger partial charge on any atom is 0.416 e. The Kier molecular flexibility index (Phi) is 5.67. The molecule has 3 rings (SSSR count). The fourth-order valence-electron chi connectivity index (χ4n) is 2.64. The zero-order valence-corrected chi connectivity index (χ0v) is 15.3. The SMILES string of the molecule is CC(=O)Nc1cnn(-c2ccc(C(=O)NCc3cccc(C(F)(F)F)c3)cc2)c1. The van der Waals surface area contributed by atoms with Crippen LogP contribution in [0.15, 0.2) is 60.9 Å². The van der Waals surface area contributed by atoms with Gasteiger partial charge in [0, 0.05) is 19.0 Å². The molecule has 0 aliphatic heterocycles. The number of carbonyl (C=O) groups is 2. The van der Waals surface area contributed by atoms with Crippen molar-refractivity contribution in [3.63, 3.8) is 0 Å². The third kappa shape index (κ3) is 5.22. The van der Waals surface area contributed by atoms with Gasteiger partial charge >= 0.3 is 6.18 Å². The summed E-state index contributed by atoms with van der Waals surface area (Å²) < 4.78 is 39.8. The van der Waals surface area contributed by atoms with Crippen molar-refractivity contribution in [2.75, 3.05) is 5.32 Å². The van der Waals surface area contributed by atoms with Gasteiger partial charge in [-0.1, -0.05) is 12.1 Å². The van der Waals surface area contributed by atoms with Crippen molar-refractivity contribution < 1.29 is 22.8 Å². The third-order valence-electron chi connectivity index (χ3n) is 4.00. The monoisotopic (exact) mass is 402 g/mol. The van der Waals surface area contributed by atoms with Gasteiger partial charge in [-0.15, -0.1) is 0 Å². The van der Waals surface area contributed by atoms with Gasteiger partial charge in [-0.2, -0.15) is 18.3 Å². The average Bonchev–Trinajstić information content (AvgIpc) is 3.13. The van der Waals surface area contributed by atoms with Crippen LogP contribution >= 0.6 is 0 Å². The van der Waals surface area contributed by atoms with E-state index in [2.05, 4.69) is 15.7 Å². The number of aromatic nitrogens is 2. The van der Waals surface area contributed by atoms with Crippen molar-refractivity contribution in [1.29, 1.82) is 0 Å². The molecular formula is C20H17F3N4O2. The summed E-state index contributed by atoms with van der Waals surface area (Å²) in [7, 11) is 0. The number of nitrogens with zero attached hydrogens (tertiary/aromatic N) is 2. The Labute approximate surface area is 164 Å². The number of hydrogen-bond acceptors (Lipinski definition) is 3. The van der Waals surface area contributed by atoms with E-state index in [4.69, 9.17) is 0 Å². The van der Waals surface area contributed by atoms with E-state index in [1.165, 1.54) is 29.9 Å².